The molecule has 0 amide bonds. The van der Waals surface area contributed by atoms with E-state index in [9.17, 15) is 14.9 Å². The minimum absolute atomic E-state index is 0.0552. The molecule has 98 valence electrons. The highest BCUT2D eigenvalue weighted by Crippen LogP contribution is 2.23. The molecule has 6 heteroatoms. The van der Waals surface area contributed by atoms with Crippen LogP contribution < -0.4 is 0 Å². The monoisotopic (exact) mass is 260 g/mol. The number of rotatable bonds is 3. The molecule has 0 aliphatic rings. The number of carbonyl (C=O) groups is 1. The van der Waals surface area contributed by atoms with Crippen molar-refractivity contribution in [3.8, 4) is 0 Å². The second kappa shape index (κ2) is 5.01. The molecule has 19 heavy (non-hydrogen) atoms. The van der Waals surface area contributed by atoms with Gasteiger partial charge in [-0.3, -0.25) is 10.1 Å². The molecule has 0 saturated carbocycles. The van der Waals surface area contributed by atoms with E-state index in [-0.39, 0.29) is 18.0 Å². The Hall–Kier alpha value is -2.50. The van der Waals surface area contributed by atoms with Crippen molar-refractivity contribution in [1.29, 1.82) is 0 Å². The first-order valence-corrected chi connectivity index (χ1v) is 5.76. The lowest BCUT2D eigenvalue weighted by Crippen LogP contribution is -2.07. The summed E-state index contributed by atoms with van der Waals surface area (Å²) in [7, 11) is 0. The van der Waals surface area contributed by atoms with Crippen molar-refractivity contribution >= 4 is 22.6 Å². The fraction of sp³-hybridized carbons (Fsp3) is 0.231. The molecule has 0 aliphatic heterocycles. The van der Waals surface area contributed by atoms with E-state index in [0.717, 1.165) is 10.9 Å². The third-order valence-electron chi connectivity index (χ3n) is 2.70. The van der Waals surface area contributed by atoms with E-state index in [0.29, 0.717) is 5.52 Å². The average molecular weight is 260 g/mol. The van der Waals surface area contributed by atoms with Crippen LogP contribution in [-0.2, 0) is 4.74 Å². The quantitative estimate of drug-likeness (QED) is 0.481. The molecule has 2 rings (SSSR count). The van der Waals surface area contributed by atoms with E-state index < -0.39 is 10.9 Å². The van der Waals surface area contributed by atoms with Crippen LogP contribution in [0.1, 0.15) is 23.0 Å². The zero-order valence-corrected chi connectivity index (χ0v) is 10.5. The van der Waals surface area contributed by atoms with Crippen LogP contribution in [0.15, 0.2) is 24.3 Å². The average Bonchev–Trinajstić information content (AvgIpc) is 2.38. The maximum absolute atomic E-state index is 11.6. The molecule has 1 heterocycles. The molecule has 0 unspecified atom stereocenters. The molecule has 1 aromatic carbocycles. The van der Waals surface area contributed by atoms with Crippen LogP contribution in [0.25, 0.3) is 10.9 Å². The van der Waals surface area contributed by atoms with Gasteiger partial charge < -0.3 is 4.74 Å². The molecule has 0 N–H and O–H groups in total. The van der Waals surface area contributed by atoms with Gasteiger partial charge in [0.05, 0.1) is 17.0 Å². The first-order chi connectivity index (χ1) is 9.02. The number of fused-ring (bicyclic) bond motifs is 1. The number of pyridine rings is 1. The van der Waals surface area contributed by atoms with Gasteiger partial charge in [-0.1, -0.05) is 0 Å². The van der Waals surface area contributed by atoms with Gasteiger partial charge in [-0.15, -0.1) is 0 Å². The number of aryl methyl sites for hydroxylation is 1. The topological polar surface area (TPSA) is 82.3 Å². The minimum atomic E-state index is -0.529. The summed E-state index contributed by atoms with van der Waals surface area (Å²) < 4.78 is 4.87. The number of esters is 1. The number of aromatic nitrogens is 1. The molecule has 6 nitrogen and oxygen atoms in total. The van der Waals surface area contributed by atoms with Crippen molar-refractivity contribution in [1.82, 2.24) is 4.98 Å². The van der Waals surface area contributed by atoms with E-state index >= 15 is 0 Å². The van der Waals surface area contributed by atoms with Crippen LogP contribution in [0.2, 0.25) is 0 Å². The first-order valence-electron chi connectivity index (χ1n) is 5.76. The Bertz CT molecular complexity index is 667. The van der Waals surface area contributed by atoms with Crippen molar-refractivity contribution in [2.24, 2.45) is 0 Å². The number of benzene rings is 1. The van der Waals surface area contributed by atoms with E-state index in [1.165, 1.54) is 12.1 Å². The summed E-state index contributed by atoms with van der Waals surface area (Å²) in [4.78, 5) is 26.0. The number of nitrogens with zero attached hydrogens (tertiary/aromatic N) is 2. The van der Waals surface area contributed by atoms with E-state index in [2.05, 4.69) is 4.98 Å². The zero-order chi connectivity index (χ0) is 14.0. The summed E-state index contributed by atoms with van der Waals surface area (Å²) in [5.41, 5.74) is 1.34. The number of hydrogen-bond acceptors (Lipinski definition) is 5. The van der Waals surface area contributed by atoms with Crippen LogP contribution in [0, 0.1) is 17.0 Å². The highest BCUT2D eigenvalue weighted by molar-refractivity contribution is 5.93. The zero-order valence-electron chi connectivity index (χ0n) is 10.5. The molecule has 0 bridgehead atoms. The number of hydrogen-bond donors (Lipinski definition) is 0. The third-order valence-corrected chi connectivity index (χ3v) is 2.70. The second-order valence-corrected chi connectivity index (χ2v) is 4.00. The SMILES string of the molecule is CCOC(=O)c1cc(C)c2ccc([N+](=O)[O-])cc2n1. The van der Waals surface area contributed by atoms with Gasteiger partial charge in [0.2, 0.25) is 0 Å². The third kappa shape index (κ3) is 2.52. The summed E-state index contributed by atoms with van der Waals surface area (Å²) in [5, 5.41) is 11.5. The summed E-state index contributed by atoms with van der Waals surface area (Å²) >= 11 is 0. The van der Waals surface area contributed by atoms with Crippen molar-refractivity contribution in [3.05, 3.63) is 45.6 Å². The smallest absolute Gasteiger partial charge is 0.356 e. The molecule has 0 aliphatic carbocycles. The molecule has 1 aromatic heterocycles. The fourth-order valence-electron chi connectivity index (χ4n) is 1.81. The lowest BCUT2D eigenvalue weighted by atomic mass is 10.1. The Kier molecular flexibility index (Phi) is 3.41. The summed E-state index contributed by atoms with van der Waals surface area (Å²) in [6.45, 7) is 3.78. The van der Waals surface area contributed by atoms with Gasteiger partial charge in [-0.2, -0.15) is 0 Å². The second-order valence-electron chi connectivity index (χ2n) is 4.00. The maximum atomic E-state index is 11.6. The number of non-ortho nitro benzene ring substituents is 1. The van der Waals surface area contributed by atoms with Gasteiger partial charge >= 0.3 is 5.97 Å². The van der Waals surface area contributed by atoms with Crippen molar-refractivity contribution < 1.29 is 14.5 Å². The number of carbonyl (C=O) groups excluding carboxylic acids is 1. The molecule has 0 saturated heterocycles. The van der Waals surface area contributed by atoms with Crippen LogP contribution in [0.3, 0.4) is 0 Å². The standard InChI is InChI=1S/C13H12N2O4/c1-3-19-13(16)12-6-8(2)10-5-4-9(15(17)18)7-11(10)14-12/h4-7H,3H2,1-2H3. The van der Waals surface area contributed by atoms with E-state index in [1.807, 2.05) is 6.92 Å². The number of nitro groups is 1. The number of nitro benzene ring substituents is 1. The van der Waals surface area contributed by atoms with Gasteiger partial charge in [0.15, 0.2) is 0 Å². The normalized spacial score (nSPS) is 10.4. The Labute approximate surface area is 109 Å². The molecule has 2 aromatic rings. The van der Waals surface area contributed by atoms with Crippen LogP contribution >= 0.6 is 0 Å². The predicted molar refractivity (Wildman–Crippen MR) is 69.1 cm³/mol. The Balaban J connectivity index is 2.59. The molecule has 0 radical (unpaired) electrons. The molecular formula is C13H12N2O4. The number of ether oxygens (including phenoxy) is 1. The van der Waals surface area contributed by atoms with Gasteiger partial charge in [-0.25, -0.2) is 9.78 Å². The fourth-order valence-corrected chi connectivity index (χ4v) is 1.81. The molecule has 0 spiro atoms. The summed E-state index contributed by atoms with van der Waals surface area (Å²) in [5.74, 6) is -0.529. The van der Waals surface area contributed by atoms with E-state index in [1.54, 1.807) is 19.1 Å². The highest BCUT2D eigenvalue weighted by Gasteiger charge is 2.13. The molecular weight excluding hydrogens is 248 g/mol. The van der Waals surface area contributed by atoms with Crippen molar-refractivity contribution in [2.75, 3.05) is 6.61 Å². The van der Waals surface area contributed by atoms with Gasteiger partial charge in [-0.05, 0) is 31.5 Å². The predicted octanol–water partition coefficient (Wildman–Crippen LogP) is 2.63. The first kappa shape index (κ1) is 12.9. The highest BCUT2D eigenvalue weighted by atomic mass is 16.6. The van der Waals surface area contributed by atoms with Gasteiger partial charge in [0.1, 0.15) is 5.69 Å². The largest absolute Gasteiger partial charge is 0.461 e. The van der Waals surface area contributed by atoms with Crippen LogP contribution in [0.5, 0.6) is 0 Å². The van der Waals surface area contributed by atoms with Crippen LogP contribution in [0.4, 0.5) is 5.69 Å². The Morgan fingerprint density at radius 3 is 2.79 bits per heavy atom. The Morgan fingerprint density at radius 1 is 1.42 bits per heavy atom. The Morgan fingerprint density at radius 2 is 2.16 bits per heavy atom. The lowest BCUT2D eigenvalue weighted by Gasteiger charge is -2.06. The maximum Gasteiger partial charge on any atom is 0.356 e. The van der Waals surface area contributed by atoms with Gasteiger partial charge in [0, 0.05) is 17.5 Å². The lowest BCUT2D eigenvalue weighted by molar-refractivity contribution is -0.384. The molecule has 0 fully saturated rings. The van der Waals surface area contributed by atoms with Gasteiger partial charge in [0.25, 0.3) is 5.69 Å². The van der Waals surface area contributed by atoms with Crippen molar-refractivity contribution in [3.63, 3.8) is 0 Å². The molecule has 0 atom stereocenters. The van der Waals surface area contributed by atoms with Crippen molar-refractivity contribution in [2.45, 2.75) is 13.8 Å². The van der Waals surface area contributed by atoms with Crippen LogP contribution in [-0.4, -0.2) is 22.5 Å². The summed E-state index contributed by atoms with van der Waals surface area (Å²) in [6.07, 6.45) is 0. The van der Waals surface area contributed by atoms with E-state index in [4.69, 9.17) is 4.74 Å². The summed E-state index contributed by atoms with van der Waals surface area (Å²) in [6, 6.07) is 6.02. The minimum Gasteiger partial charge on any atom is -0.461 e.